The molecule has 2 rings (SSSR count). The summed E-state index contributed by atoms with van der Waals surface area (Å²) in [4.78, 5) is 26.3. The second-order valence-electron chi connectivity index (χ2n) is 6.34. The van der Waals surface area contributed by atoms with Crippen molar-refractivity contribution in [2.24, 2.45) is 0 Å². The molecule has 3 N–H and O–H groups in total. The van der Waals surface area contributed by atoms with Crippen LogP contribution < -0.4 is 16.0 Å². The molecule has 0 heterocycles. The number of nitrogen functional groups attached to an aromatic ring is 1. The number of amides is 1. The van der Waals surface area contributed by atoms with Crippen molar-refractivity contribution < 1.29 is 18.7 Å². The molecule has 0 saturated heterocycles. The SMILES string of the molecule is CCCNc1ccc(C(=O)N(CCC(=O)OCC)c2ccc(F)c(Cl)c2)cc1N. The summed E-state index contributed by atoms with van der Waals surface area (Å²) in [5.41, 5.74) is 7.96. The Balaban J connectivity index is 2.31. The van der Waals surface area contributed by atoms with Gasteiger partial charge in [-0.1, -0.05) is 18.5 Å². The lowest BCUT2D eigenvalue weighted by Crippen LogP contribution is -2.33. The molecular formula is C21H25ClFN3O3. The number of nitrogens with two attached hydrogens (primary N) is 1. The van der Waals surface area contributed by atoms with E-state index in [0.717, 1.165) is 18.7 Å². The van der Waals surface area contributed by atoms with E-state index < -0.39 is 11.8 Å². The third kappa shape index (κ3) is 6.09. The first-order chi connectivity index (χ1) is 13.9. The fraction of sp³-hybridized carbons (Fsp3) is 0.333. The fourth-order valence-electron chi connectivity index (χ4n) is 2.71. The van der Waals surface area contributed by atoms with Crippen LogP contribution >= 0.6 is 11.6 Å². The Morgan fingerprint density at radius 1 is 1.21 bits per heavy atom. The quantitative estimate of drug-likeness (QED) is 0.460. The normalized spacial score (nSPS) is 10.5. The lowest BCUT2D eigenvalue weighted by molar-refractivity contribution is -0.142. The number of nitrogens with one attached hydrogen (secondary N) is 1. The minimum absolute atomic E-state index is 0.0137. The van der Waals surface area contributed by atoms with Crippen molar-refractivity contribution >= 4 is 40.5 Å². The second kappa shape index (κ2) is 10.7. The molecule has 2 aromatic carbocycles. The minimum atomic E-state index is -0.594. The number of halogens is 2. The van der Waals surface area contributed by atoms with Crippen LogP contribution in [0.3, 0.4) is 0 Å². The van der Waals surface area contributed by atoms with Crippen molar-refractivity contribution in [3.05, 3.63) is 52.8 Å². The summed E-state index contributed by atoms with van der Waals surface area (Å²) >= 11 is 5.88. The number of nitrogens with zero attached hydrogens (tertiary/aromatic N) is 1. The van der Waals surface area contributed by atoms with Gasteiger partial charge in [0.15, 0.2) is 0 Å². The topological polar surface area (TPSA) is 84.7 Å². The highest BCUT2D eigenvalue weighted by Crippen LogP contribution is 2.26. The molecule has 0 fully saturated rings. The standard InChI is InChI=1S/C21H25ClFN3O3/c1-3-10-25-19-8-5-14(12-18(19)24)21(28)26(11-9-20(27)29-4-2)15-6-7-17(23)16(22)13-15/h5-8,12-13,25H,3-4,9-11,24H2,1-2H3. The number of carbonyl (C=O) groups is 2. The Morgan fingerprint density at radius 2 is 1.97 bits per heavy atom. The van der Waals surface area contributed by atoms with E-state index >= 15 is 0 Å². The molecule has 0 aliphatic heterocycles. The Hall–Kier alpha value is -2.80. The molecule has 29 heavy (non-hydrogen) atoms. The van der Waals surface area contributed by atoms with Gasteiger partial charge in [-0.15, -0.1) is 0 Å². The van der Waals surface area contributed by atoms with Gasteiger partial charge in [0.1, 0.15) is 5.82 Å². The van der Waals surface area contributed by atoms with Crippen LogP contribution in [0.2, 0.25) is 5.02 Å². The highest BCUT2D eigenvalue weighted by Gasteiger charge is 2.21. The van der Waals surface area contributed by atoms with Crippen LogP contribution in [0.1, 0.15) is 37.0 Å². The molecule has 2 aromatic rings. The smallest absolute Gasteiger partial charge is 0.307 e. The Labute approximate surface area is 174 Å². The van der Waals surface area contributed by atoms with Gasteiger partial charge in [-0.05, 0) is 49.7 Å². The Morgan fingerprint density at radius 3 is 2.59 bits per heavy atom. The molecule has 8 heteroatoms. The minimum Gasteiger partial charge on any atom is -0.466 e. The predicted octanol–water partition coefficient (Wildman–Crippen LogP) is 4.48. The summed E-state index contributed by atoms with van der Waals surface area (Å²) < 4.78 is 18.5. The van der Waals surface area contributed by atoms with Crippen molar-refractivity contribution in [3.63, 3.8) is 0 Å². The van der Waals surface area contributed by atoms with Crippen molar-refractivity contribution in [3.8, 4) is 0 Å². The van der Waals surface area contributed by atoms with Crippen LogP contribution in [0.5, 0.6) is 0 Å². The number of rotatable bonds is 9. The summed E-state index contributed by atoms with van der Waals surface area (Å²) in [7, 11) is 0. The summed E-state index contributed by atoms with van der Waals surface area (Å²) in [5.74, 6) is -1.41. The van der Waals surface area contributed by atoms with Crippen molar-refractivity contribution in [2.45, 2.75) is 26.7 Å². The van der Waals surface area contributed by atoms with Gasteiger partial charge < -0.3 is 20.7 Å². The predicted molar refractivity (Wildman–Crippen MR) is 114 cm³/mol. The molecule has 0 aromatic heterocycles. The molecule has 0 spiro atoms. The van der Waals surface area contributed by atoms with Crippen LogP contribution in [0.25, 0.3) is 0 Å². The van der Waals surface area contributed by atoms with Gasteiger partial charge in [0.05, 0.1) is 29.4 Å². The van der Waals surface area contributed by atoms with E-state index in [4.69, 9.17) is 22.1 Å². The fourth-order valence-corrected chi connectivity index (χ4v) is 2.88. The number of anilines is 3. The molecule has 0 bridgehead atoms. The van der Waals surface area contributed by atoms with Crippen molar-refractivity contribution in [2.75, 3.05) is 35.6 Å². The maximum atomic E-state index is 13.6. The maximum Gasteiger partial charge on any atom is 0.307 e. The van der Waals surface area contributed by atoms with E-state index in [1.165, 1.54) is 23.1 Å². The lowest BCUT2D eigenvalue weighted by atomic mass is 10.1. The number of hydrogen-bond acceptors (Lipinski definition) is 5. The highest BCUT2D eigenvalue weighted by atomic mass is 35.5. The Bertz CT molecular complexity index is 876. The van der Waals surface area contributed by atoms with Crippen LogP contribution in [0.15, 0.2) is 36.4 Å². The molecule has 0 aliphatic rings. The zero-order valence-electron chi connectivity index (χ0n) is 16.5. The maximum absolute atomic E-state index is 13.6. The summed E-state index contributed by atoms with van der Waals surface area (Å²) in [6.45, 7) is 4.80. The number of carbonyl (C=O) groups excluding carboxylic acids is 2. The van der Waals surface area contributed by atoms with E-state index in [-0.39, 0.29) is 30.5 Å². The zero-order chi connectivity index (χ0) is 21.4. The second-order valence-corrected chi connectivity index (χ2v) is 6.75. The van der Waals surface area contributed by atoms with Gasteiger partial charge in [0.2, 0.25) is 0 Å². The average molecular weight is 422 g/mol. The lowest BCUT2D eigenvalue weighted by Gasteiger charge is -2.23. The molecule has 0 unspecified atom stereocenters. The van der Waals surface area contributed by atoms with Crippen molar-refractivity contribution in [1.82, 2.24) is 0 Å². The molecular weight excluding hydrogens is 397 g/mol. The number of esters is 1. The first-order valence-corrected chi connectivity index (χ1v) is 9.81. The zero-order valence-corrected chi connectivity index (χ0v) is 17.3. The number of hydrogen-bond donors (Lipinski definition) is 2. The van der Waals surface area contributed by atoms with Gasteiger partial charge in [0, 0.05) is 24.3 Å². The first kappa shape index (κ1) is 22.5. The molecule has 0 saturated carbocycles. The summed E-state index contributed by atoms with van der Waals surface area (Å²) in [6.07, 6.45) is 0.924. The average Bonchev–Trinajstić information content (AvgIpc) is 2.69. The van der Waals surface area contributed by atoms with Crippen LogP contribution in [-0.4, -0.2) is 31.6 Å². The largest absolute Gasteiger partial charge is 0.466 e. The van der Waals surface area contributed by atoms with E-state index in [1.807, 2.05) is 6.92 Å². The first-order valence-electron chi connectivity index (χ1n) is 9.43. The molecule has 1 amide bonds. The van der Waals surface area contributed by atoms with Gasteiger partial charge in [0.25, 0.3) is 5.91 Å². The third-order valence-corrected chi connectivity index (χ3v) is 4.46. The van der Waals surface area contributed by atoms with Crippen LogP contribution in [0.4, 0.5) is 21.5 Å². The number of ether oxygens (including phenoxy) is 1. The highest BCUT2D eigenvalue weighted by molar-refractivity contribution is 6.31. The van der Waals surface area contributed by atoms with Gasteiger partial charge in [-0.3, -0.25) is 9.59 Å². The molecule has 0 radical (unpaired) electrons. The van der Waals surface area contributed by atoms with Crippen LogP contribution in [0, 0.1) is 5.82 Å². The monoisotopic (exact) mass is 421 g/mol. The van der Waals surface area contributed by atoms with E-state index in [0.29, 0.717) is 16.9 Å². The molecule has 0 atom stereocenters. The van der Waals surface area contributed by atoms with Crippen LogP contribution in [-0.2, 0) is 9.53 Å². The third-order valence-electron chi connectivity index (χ3n) is 4.17. The van der Waals surface area contributed by atoms with E-state index in [1.54, 1.807) is 25.1 Å². The van der Waals surface area contributed by atoms with E-state index in [2.05, 4.69) is 5.32 Å². The summed E-state index contributed by atoms with van der Waals surface area (Å²) in [5, 5.41) is 3.07. The summed E-state index contributed by atoms with van der Waals surface area (Å²) in [6, 6.07) is 8.92. The molecule has 156 valence electrons. The molecule has 0 aliphatic carbocycles. The number of benzene rings is 2. The van der Waals surface area contributed by atoms with Gasteiger partial charge in [-0.2, -0.15) is 0 Å². The van der Waals surface area contributed by atoms with E-state index in [9.17, 15) is 14.0 Å². The van der Waals surface area contributed by atoms with Gasteiger partial charge >= 0.3 is 5.97 Å². The molecule has 6 nitrogen and oxygen atoms in total. The Kier molecular flexibility index (Phi) is 8.27. The van der Waals surface area contributed by atoms with Crippen molar-refractivity contribution in [1.29, 1.82) is 0 Å². The van der Waals surface area contributed by atoms with Gasteiger partial charge in [-0.25, -0.2) is 4.39 Å².